The van der Waals surface area contributed by atoms with E-state index in [1.165, 1.54) is 11.3 Å². The lowest BCUT2D eigenvalue weighted by molar-refractivity contribution is 0.0359. The summed E-state index contributed by atoms with van der Waals surface area (Å²) >= 11 is 5.06. The van der Waals surface area contributed by atoms with Crippen LogP contribution in [0.1, 0.15) is 26.3 Å². The van der Waals surface area contributed by atoms with Crippen molar-refractivity contribution in [1.82, 2.24) is 10.3 Å². The second-order valence-corrected chi connectivity index (χ2v) is 10.6. The number of methoxy groups -OCH3 is 1. The fourth-order valence-corrected chi connectivity index (χ4v) is 5.29. The maximum absolute atomic E-state index is 12.5. The number of rotatable bonds is 5. The Morgan fingerprint density at radius 1 is 1.24 bits per heavy atom. The van der Waals surface area contributed by atoms with E-state index in [0.717, 1.165) is 37.5 Å². The molecule has 0 spiro atoms. The first kappa shape index (κ1) is 24.3. The number of carbonyl (C=O) groups excluding carboxylic acids is 1. The van der Waals surface area contributed by atoms with Crippen molar-refractivity contribution < 1.29 is 19.4 Å². The number of alkyl carbamates (subject to hydrolysis) is 1. The molecule has 1 atom stereocenters. The molecule has 1 unspecified atom stereocenters. The van der Waals surface area contributed by atoms with Gasteiger partial charge in [-0.2, -0.15) is 0 Å². The van der Waals surface area contributed by atoms with Crippen LogP contribution in [-0.4, -0.2) is 35.1 Å². The summed E-state index contributed by atoms with van der Waals surface area (Å²) in [7, 11) is 1.61. The molecule has 3 N–H and O–H groups in total. The number of ether oxygens (including phenoxy) is 2. The van der Waals surface area contributed by atoms with Crippen molar-refractivity contribution in [3.63, 3.8) is 0 Å². The third-order valence-electron chi connectivity index (χ3n) is 5.19. The Morgan fingerprint density at radius 2 is 2.00 bits per heavy atom. The maximum atomic E-state index is 12.5. The number of aliphatic hydroxyl groups excluding tert-OH is 1. The molecule has 0 fully saturated rings. The summed E-state index contributed by atoms with van der Waals surface area (Å²) in [5.41, 5.74) is 2.50. The number of aromatic nitrogens is 1. The molecule has 0 aliphatic carbocycles. The molecular weight excluding hydrogens is 520 g/mol. The van der Waals surface area contributed by atoms with Gasteiger partial charge in [-0.1, -0.05) is 28.1 Å². The van der Waals surface area contributed by atoms with E-state index in [9.17, 15) is 14.7 Å². The average molecular weight is 545 g/mol. The largest absolute Gasteiger partial charge is 0.496 e. The second-order valence-electron chi connectivity index (χ2n) is 8.86. The normalized spacial score (nSPS) is 12.6. The highest BCUT2D eigenvalue weighted by Gasteiger charge is 2.20. The molecular formula is C25H25BrN2O5S. The molecule has 0 aliphatic rings. The van der Waals surface area contributed by atoms with Crippen molar-refractivity contribution in [3.8, 4) is 16.9 Å². The highest BCUT2D eigenvalue weighted by molar-refractivity contribution is 9.10. The zero-order valence-corrected chi connectivity index (χ0v) is 21.6. The zero-order chi connectivity index (χ0) is 24.6. The van der Waals surface area contributed by atoms with Gasteiger partial charge in [0.2, 0.25) is 0 Å². The number of halogens is 1. The number of pyridine rings is 1. The monoisotopic (exact) mass is 544 g/mol. The molecule has 0 saturated carbocycles. The first-order valence-corrected chi connectivity index (χ1v) is 12.3. The Morgan fingerprint density at radius 3 is 2.68 bits per heavy atom. The first-order chi connectivity index (χ1) is 16.1. The zero-order valence-electron chi connectivity index (χ0n) is 19.2. The summed E-state index contributed by atoms with van der Waals surface area (Å²) in [4.78, 5) is 27.4. The topological polar surface area (TPSA) is 101 Å². The SMILES string of the molecule is COc1ccc2[nH]c(=O)c3sccc3c2c1-c1ccc(CC(O)NC(=O)OC(C)(C)C)cc1Br. The van der Waals surface area contributed by atoms with E-state index in [4.69, 9.17) is 9.47 Å². The van der Waals surface area contributed by atoms with E-state index in [2.05, 4.69) is 26.2 Å². The molecule has 4 aromatic rings. The molecule has 2 heterocycles. The van der Waals surface area contributed by atoms with E-state index in [0.29, 0.717) is 10.4 Å². The molecule has 2 aromatic carbocycles. The number of carbonyl (C=O) groups is 1. The van der Waals surface area contributed by atoms with Gasteiger partial charge in [-0.05, 0) is 56.0 Å². The quantitative estimate of drug-likeness (QED) is 0.285. The predicted octanol–water partition coefficient (Wildman–Crippen LogP) is 5.57. The molecule has 7 nitrogen and oxygen atoms in total. The molecule has 0 radical (unpaired) electrons. The fourth-order valence-electron chi connectivity index (χ4n) is 3.87. The molecule has 4 rings (SSSR count). The number of hydrogen-bond acceptors (Lipinski definition) is 6. The smallest absolute Gasteiger partial charge is 0.409 e. The van der Waals surface area contributed by atoms with Crippen LogP contribution in [0.3, 0.4) is 0 Å². The summed E-state index contributed by atoms with van der Waals surface area (Å²) in [6.45, 7) is 5.28. The fraction of sp³-hybridized carbons (Fsp3) is 0.280. The number of benzene rings is 2. The van der Waals surface area contributed by atoms with Gasteiger partial charge in [-0.3, -0.25) is 10.1 Å². The van der Waals surface area contributed by atoms with E-state index in [1.54, 1.807) is 27.9 Å². The minimum absolute atomic E-state index is 0.116. The van der Waals surface area contributed by atoms with Crippen LogP contribution in [0.5, 0.6) is 5.75 Å². The number of nitrogens with one attached hydrogen (secondary N) is 2. The third-order valence-corrected chi connectivity index (χ3v) is 6.76. The van der Waals surface area contributed by atoms with E-state index >= 15 is 0 Å². The minimum atomic E-state index is -1.10. The first-order valence-electron chi connectivity index (χ1n) is 10.6. The lowest BCUT2D eigenvalue weighted by atomic mass is 9.96. The van der Waals surface area contributed by atoms with Crippen LogP contribution in [-0.2, 0) is 11.2 Å². The predicted molar refractivity (Wildman–Crippen MR) is 139 cm³/mol. The number of fused-ring (bicyclic) bond motifs is 3. The molecule has 0 aliphatic heterocycles. The second kappa shape index (κ2) is 9.40. The Kier molecular flexibility index (Phi) is 6.71. The van der Waals surface area contributed by atoms with Crippen LogP contribution >= 0.6 is 27.3 Å². The number of H-pyrrole nitrogens is 1. The van der Waals surface area contributed by atoms with Gasteiger partial charge in [0, 0.05) is 38.3 Å². The summed E-state index contributed by atoms with van der Waals surface area (Å²) in [5.74, 6) is 0.673. The molecule has 0 saturated heterocycles. The number of aliphatic hydroxyl groups is 1. The van der Waals surface area contributed by atoms with Gasteiger partial charge in [0.1, 0.15) is 22.3 Å². The van der Waals surface area contributed by atoms with E-state index < -0.39 is 17.9 Å². The van der Waals surface area contributed by atoms with E-state index in [-0.39, 0.29) is 12.0 Å². The van der Waals surface area contributed by atoms with Crippen LogP contribution in [0.2, 0.25) is 0 Å². The summed E-state index contributed by atoms with van der Waals surface area (Å²) < 4.78 is 12.3. The van der Waals surface area contributed by atoms with Crippen LogP contribution in [0.25, 0.3) is 32.1 Å². The van der Waals surface area contributed by atoms with Crippen molar-refractivity contribution in [2.75, 3.05) is 7.11 Å². The minimum Gasteiger partial charge on any atom is -0.496 e. The maximum Gasteiger partial charge on any atom is 0.409 e. The van der Waals surface area contributed by atoms with E-state index in [1.807, 2.05) is 41.8 Å². The highest BCUT2D eigenvalue weighted by atomic mass is 79.9. The molecule has 34 heavy (non-hydrogen) atoms. The van der Waals surface area contributed by atoms with Crippen LogP contribution in [0.4, 0.5) is 4.79 Å². The lowest BCUT2D eigenvalue weighted by Crippen LogP contribution is -2.40. The average Bonchev–Trinajstić information content (AvgIpc) is 3.22. The standard InChI is InChI=1S/C25H25BrN2O5S/c1-25(2,3)33-24(31)28-19(29)12-13-5-6-14(16(26)11-13)21-18(32-4)8-7-17-20(21)15-9-10-34-22(15)23(30)27-17/h5-11,19,29H,12H2,1-4H3,(H,27,30)(H,28,31). The van der Waals surface area contributed by atoms with Crippen LogP contribution < -0.4 is 15.6 Å². The molecule has 0 bridgehead atoms. The molecule has 2 aromatic heterocycles. The van der Waals surface area contributed by atoms with Crippen molar-refractivity contribution in [2.24, 2.45) is 0 Å². The molecule has 178 valence electrons. The Labute approximate surface area is 208 Å². The summed E-state index contributed by atoms with van der Waals surface area (Å²) in [6, 6.07) is 11.3. The van der Waals surface area contributed by atoms with Crippen LogP contribution in [0, 0.1) is 0 Å². The number of amides is 1. The Bertz CT molecular complexity index is 1440. The van der Waals surface area contributed by atoms with Gasteiger partial charge in [0.05, 0.1) is 7.11 Å². The lowest BCUT2D eigenvalue weighted by Gasteiger charge is -2.21. The highest BCUT2D eigenvalue weighted by Crippen LogP contribution is 2.43. The third kappa shape index (κ3) is 4.96. The van der Waals surface area contributed by atoms with Crippen molar-refractivity contribution in [3.05, 3.63) is 62.2 Å². The van der Waals surface area contributed by atoms with Crippen molar-refractivity contribution in [2.45, 2.75) is 39.0 Å². The van der Waals surface area contributed by atoms with Gasteiger partial charge in [0.25, 0.3) is 5.56 Å². The molecule has 9 heteroatoms. The van der Waals surface area contributed by atoms with Gasteiger partial charge >= 0.3 is 6.09 Å². The summed E-state index contributed by atoms with van der Waals surface area (Å²) in [5, 5.41) is 16.4. The van der Waals surface area contributed by atoms with Gasteiger partial charge in [-0.25, -0.2) is 4.79 Å². The summed E-state index contributed by atoms with van der Waals surface area (Å²) in [6.07, 6.45) is -1.58. The van der Waals surface area contributed by atoms with Crippen molar-refractivity contribution in [1.29, 1.82) is 0 Å². The Balaban J connectivity index is 1.71. The Hall–Kier alpha value is -2.88. The number of hydrogen-bond donors (Lipinski definition) is 3. The van der Waals surface area contributed by atoms with Crippen molar-refractivity contribution >= 4 is 54.3 Å². The van der Waals surface area contributed by atoms with Gasteiger partial charge < -0.3 is 19.6 Å². The number of aromatic amines is 1. The van der Waals surface area contributed by atoms with Crippen LogP contribution in [0.15, 0.2) is 51.0 Å². The van der Waals surface area contributed by atoms with Gasteiger partial charge in [0.15, 0.2) is 0 Å². The number of thiophene rings is 1. The molecule has 1 amide bonds. The van der Waals surface area contributed by atoms with Gasteiger partial charge in [-0.15, -0.1) is 11.3 Å².